The van der Waals surface area contributed by atoms with Crippen LogP contribution in [0.15, 0.2) is 12.1 Å². The highest BCUT2D eigenvalue weighted by Gasteiger charge is 2.33. The lowest BCUT2D eigenvalue weighted by molar-refractivity contribution is -0.134. The zero-order chi connectivity index (χ0) is 20.0. The number of benzene rings is 1. The summed E-state index contributed by atoms with van der Waals surface area (Å²) in [5, 5.41) is 12.0. The Kier molecular flexibility index (Phi) is 6.41. The molecule has 1 aromatic heterocycles. The van der Waals surface area contributed by atoms with E-state index >= 15 is 0 Å². The third-order valence-electron chi connectivity index (χ3n) is 6.14. The molecule has 29 heavy (non-hydrogen) atoms. The molecule has 0 bridgehead atoms. The van der Waals surface area contributed by atoms with Gasteiger partial charge in [-0.05, 0) is 44.0 Å². The van der Waals surface area contributed by atoms with E-state index in [1.807, 2.05) is 19.2 Å². The lowest BCUT2D eigenvalue weighted by atomic mass is 9.92. The number of carbonyl (C=O) groups is 2. The van der Waals surface area contributed by atoms with Crippen LogP contribution in [0.4, 0.5) is 5.69 Å². The van der Waals surface area contributed by atoms with Gasteiger partial charge in [-0.2, -0.15) is 5.10 Å². The van der Waals surface area contributed by atoms with E-state index in [0.717, 1.165) is 36.1 Å². The average Bonchev–Trinajstić information content (AvgIpc) is 2.99. The molecule has 3 atom stereocenters. The molecule has 0 spiro atoms. The molecule has 2 aliphatic rings. The van der Waals surface area contributed by atoms with Crippen LogP contribution < -0.4 is 15.5 Å². The van der Waals surface area contributed by atoms with Gasteiger partial charge in [0.1, 0.15) is 0 Å². The number of hydrogen-bond acceptors (Lipinski definition) is 5. The normalized spacial score (nSPS) is 24.9. The summed E-state index contributed by atoms with van der Waals surface area (Å²) in [6, 6.07) is 4.44. The summed E-state index contributed by atoms with van der Waals surface area (Å²) in [7, 11) is 3.94. The molecule has 2 aliphatic heterocycles. The minimum atomic E-state index is -0.425. The van der Waals surface area contributed by atoms with Gasteiger partial charge in [0.25, 0.3) is 0 Å². The fourth-order valence-corrected chi connectivity index (χ4v) is 5.00. The van der Waals surface area contributed by atoms with Gasteiger partial charge in [0.15, 0.2) is 0 Å². The van der Waals surface area contributed by atoms with E-state index in [-0.39, 0.29) is 24.2 Å². The molecule has 1 aromatic carbocycles. The number of nitrogens with one attached hydrogen (secondary N) is 2. The highest BCUT2D eigenvalue weighted by Crippen LogP contribution is 2.39. The van der Waals surface area contributed by atoms with Crippen LogP contribution in [0.3, 0.4) is 0 Å². The first-order valence-electron chi connectivity index (χ1n) is 9.80. The van der Waals surface area contributed by atoms with Crippen molar-refractivity contribution in [3.63, 3.8) is 0 Å². The predicted octanol–water partition coefficient (Wildman–Crippen LogP) is 2.60. The second-order valence-corrected chi connectivity index (χ2v) is 8.33. The lowest BCUT2D eigenvalue weighted by Crippen LogP contribution is -2.47. The highest BCUT2D eigenvalue weighted by atomic mass is 35.5. The number of hydrogen-bond donors (Lipinski definition) is 2. The smallest absolute Gasteiger partial charge is 0.235 e. The quantitative estimate of drug-likeness (QED) is 0.718. The van der Waals surface area contributed by atoms with Crippen molar-refractivity contribution in [2.45, 2.75) is 38.1 Å². The monoisotopic (exact) mass is 439 g/mol. The molecule has 158 valence electrons. The van der Waals surface area contributed by atoms with Gasteiger partial charge in [-0.25, -0.2) is 0 Å². The van der Waals surface area contributed by atoms with Crippen molar-refractivity contribution in [3.05, 3.63) is 22.8 Å². The summed E-state index contributed by atoms with van der Waals surface area (Å²) in [4.78, 5) is 26.1. The van der Waals surface area contributed by atoms with Gasteiger partial charge < -0.3 is 10.2 Å². The molecule has 2 aromatic rings. The molecule has 2 amide bonds. The first-order valence-corrected chi connectivity index (χ1v) is 10.2. The molecule has 0 radical (unpaired) electrons. The van der Waals surface area contributed by atoms with Crippen LogP contribution in [0.1, 0.15) is 37.8 Å². The van der Waals surface area contributed by atoms with Crippen LogP contribution in [0.5, 0.6) is 0 Å². The fraction of sp³-hybridized carbons (Fsp3) is 0.550. The molecule has 0 aliphatic carbocycles. The van der Waals surface area contributed by atoms with Crippen molar-refractivity contribution in [1.82, 2.24) is 20.4 Å². The van der Waals surface area contributed by atoms with Gasteiger partial charge >= 0.3 is 0 Å². The Bertz CT molecular complexity index is 945. The van der Waals surface area contributed by atoms with Gasteiger partial charge in [0.05, 0.1) is 27.8 Å². The molecular formula is C20H27Cl2N5O2. The van der Waals surface area contributed by atoms with Crippen molar-refractivity contribution in [1.29, 1.82) is 0 Å². The van der Waals surface area contributed by atoms with E-state index < -0.39 is 5.92 Å². The molecule has 9 heteroatoms. The molecule has 7 nitrogen and oxygen atoms in total. The molecule has 3 heterocycles. The van der Waals surface area contributed by atoms with Crippen molar-refractivity contribution in [2.75, 3.05) is 25.0 Å². The largest absolute Gasteiger partial charge is 0.370 e. The van der Waals surface area contributed by atoms with Gasteiger partial charge in [-0.15, -0.1) is 12.4 Å². The van der Waals surface area contributed by atoms with Gasteiger partial charge in [0, 0.05) is 31.9 Å². The Labute approximate surface area is 181 Å². The molecule has 2 fully saturated rings. The van der Waals surface area contributed by atoms with Crippen molar-refractivity contribution >= 4 is 52.4 Å². The Balaban J connectivity index is 0.00000240. The van der Waals surface area contributed by atoms with Crippen LogP contribution in [0.25, 0.3) is 10.9 Å². The molecular weight excluding hydrogens is 413 g/mol. The number of anilines is 1. The van der Waals surface area contributed by atoms with Gasteiger partial charge in [0.2, 0.25) is 11.8 Å². The summed E-state index contributed by atoms with van der Waals surface area (Å²) < 4.78 is 1.75. The maximum atomic E-state index is 12.3. The number of nitrogens with zero attached hydrogens (tertiary/aromatic N) is 3. The predicted molar refractivity (Wildman–Crippen MR) is 117 cm³/mol. The molecule has 1 unspecified atom stereocenters. The van der Waals surface area contributed by atoms with Gasteiger partial charge in [-0.3, -0.25) is 19.6 Å². The topological polar surface area (TPSA) is 79.3 Å². The summed E-state index contributed by atoms with van der Waals surface area (Å²) in [5.74, 6) is -0.404. The number of aromatic nitrogens is 2. The van der Waals surface area contributed by atoms with Crippen LogP contribution >= 0.6 is 24.0 Å². The fourth-order valence-electron chi connectivity index (χ4n) is 4.58. The van der Waals surface area contributed by atoms with Crippen LogP contribution in [-0.2, 0) is 16.6 Å². The highest BCUT2D eigenvalue weighted by molar-refractivity contribution is 6.38. The standard InChI is InChI=1S/C20H26ClN5O2.ClH/c1-11-10-22-9-8-14(11)25(2)15-6-4-12-18(24-26(3)19(12)17(15)21)13-5-7-16(27)23-20(13)28;/h4,6,11,13-14,22H,5,7-10H2,1-3H3,(H,23,27,28);1H/t11-,13?,14-;/m1./s1. The number of aryl methyl sites for hydroxylation is 1. The van der Waals surface area contributed by atoms with Crippen molar-refractivity contribution < 1.29 is 9.59 Å². The summed E-state index contributed by atoms with van der Waals surface area (Å²) in [6.07, 6.45) is 1.87. The minimum absolute atomic E-state index is 0. The Morgan fingerprint density at radius 2 is 2.03 bits per heavy atom. The zero-order valence-corrected chi connectivity index (χ0v) is 18.4. The third kappa shape index (κ3) is 3.83. The number of amides is 2. The van der Waals surface area contributed by atoms with E-state index in [0.29, 0.717) is 35.5 Å². The zero-order valence-electron chi connectivity index (χ0n) is 16.9. The SMILES string of the molecule is C[C@@H]1CNCC[C@H]1N(C)c1ccc2c(C3CCC(=O)NC3=O)nn(C)c2c1Cl.Cl. The Morgan fingerprint density at radius 3 is 2.72 bits per heavy atom. The average molecular weight is 440 g/mol. The van der Waals surface area contributed by atoms with Crippen LogP contribution in [0.2, 0.25) is 5.02 Å². The van der Waals surface area contributed by atoms with E-state index in [4.69, 9.17) is 11.6 Å². The minimum Gasteiger partial charge on any atom is -0.370 e. The molecule has 4 rings (SSSR count). The Morgan fingerprint density at radius 1 is 1.28 bits per heavy atom. The number of carbonyl (C=O) groups excluding carboxylic acids is 2. The number of rotatable bonds is 3. The van der Waals surface area contributed by atoms with Crippen molar-refractivity contribution in [2.24, 2.45) is 13.0 Å². The van der Waals surface area contributed by atoms with E-state index in [9.17, 15) is 9.59 Å². The lowest BCUT2D eigenvalue weighted by Gasteiger charge is -2.38. The number of imide groups is 1. The summed E-state index contributed by atoms with van der Waals surface area (Å²) in [6.45, 7) is 4.26. The molecule has 0 saturated carbocycles. The summed E-state index contributed by atoms with van der Waals surface area (Å²) >= 11 is 6.85. The van der Waals surface area contributed by atoms with E-state index in [1.54, 1.807) is 4.68 Å². The maximum Gasteiger partial charge on any atom is 0.235 e. The molecule has 2 N–H and O–H groups in total. The number of halogens is 2. The van der Waals surface area contributed by atoms with Crippen LogP contribution in [-0.4, -0.2) is 47.8 Å². The van der Waals surface area contributed by atoms with E-state index in [2.05, 4.69) is 34.6 Å². The second-order valence-electron chi connectivity index (χ2n) is 7.96. The number of fused-ring (bicyclic) bond motifs is 1. The van der Waals surface area contributed by atoms with Gasteiger partial charge in [-0.1, -0.05) is 18.5 Å². The second kappa shape index (κ2) is 8.50. The maximum absolute atomic E-state index is 12.3. The third-order valence-corrected chi connectivity index (χ3v) is 6.51. The first-order chi connectivity index (χ1) is 13.4. The number of piperidine rings is 2. The Hall–Kier alpha value is -1.83. The summed E-state index contributed by atoms with van der Waals surface area (Å²) in [5.41, 5.74) is 2.49. The first kappa shape index (κ1) is 21.9. The molecule has 2 saturated heterocycles. The van der Waals surface area contributed by atoms with E-state index in [1.165, 1.54) is 0 Å². The van der Waals surface area contributed by atoms with Crippen LogP contribution in [0, 0.1) is 5.92 Å². The van der Waals surface area contributed by atoms with Crippen molar-refractivity contribution in [3.8, 4) is 0 Å².